The highest BCUT2D eigenvalue weighted by atomic mass is 32.2. The number of benzene rings is 4. The molecule has 0 aliphatic heterocycles. The molecular formula is C28H22O7S. The highest BCUT2D eigenvalue weighted by Crippen LogP contribution is 2.31. The van der Waals surface area contributed by atoms with Crippen LogP contribution >= 0.6 is 0 Å². The quantitative estimate of drug-likeness (QED) is 0.250. The molecule has 0 saturated carbocycles. The third-order valence-corrected chi connectivity index (χ3v) is 6.37. The van der Waals surface area contributed by atoms with Crippen molar-refractivity contribution in [1.82, 2.24) is 0 Å². The van der Waals surface area contributed by atoms with Crippen molar-refractivity contribution in [3.8, 4) is 17.2 Å². The Morgan fingerprint density at radius 3 is 1.61 bits per heavy atom. The number of hydrogen-bond acceptors (Lipinski definition) is 6. The summed E-state index contributed by atoms with van der Waals surface area (Å²) in [6.07, 6.45) is 0. The number of carbonyl (C=O) groups excluding carboxylic acids is 2. The van der Waals surface area contributed by atoms with Crippen LogP contribution in [0.2, 0.25) is 0 Å². The lowest BCUT2D eigenvalue weighted by atomic mass is 10.0. The number of methoxy groups -OCH3 is 1. The number of hydrogen-bond donors (Lipinski definition) is 1. The van der Waals surface area contributed by atoms with E-state index in [1.54, 1.807) is 67.8 Å². The lowest BCUT2D eigenvalue weighted by molar-refractivity contribution is 0.103. The lowest BCUT2D eigenvalue weighted by Crippen LogP contribution is -2.06. The molecule has 0 saturated heterocycles. The number of carbonyl (C=O) groups is 2. The zero-order valence-corrected chi connectivity index (χ0v) is 20.3. The van der Waals surface area contributed by atoms with Crippen LogP contribution in [0.25, 0.3) is 0 Å². The third kappa shape index (κ3) is 5.51. The van der Waals surface area contributed by atoms with Crippen molar-refractivity contribution in [2.24, 2.45) is 0 Å². The minimum Gasteiger partial charge on any atom is -0.497 e. The number of aryl methyl sites for hydroxylation is 1. The average molecular weight is 503 g/mol. The monoisotopic (exact) mass is 502 g/mol. The van der Waals surface area contributed by atoms with E-state index in [1.807, 2.05) is 6.92 Å². The molecule has 0 fully saturated rings. The molecule has 0 spiro atoms. The molecule has 0 atom stereocenters. The summed E-state index contributed by atoms with van der Waals surface area (Å²) < 4.78 is 44.7. The Labute approximate surface area is 208 Å². The SMILES string of the molecule is COc1ccc(C(=O)c2ccc(Oc3ccc(C(=O)c4ccc(C)cc4)cc3S(=O)(=O)O)cc2)cc1. The van der Waals surface area contributed by atoms with Crippen LogP contribution in [0.1, 0.15) is 37.4 Å². The van der Waals surface area contributed by atoms with Gasteiger partial charge in [-0.15, -0.1) is 0 Å². The van der Waals surface area contributed by atoms with Gasteiger partial charge < -0.3 is 9.47 Å². The van der Waals surface area contributed by atoms with E-state index in [0.717, 1.165) is 11.6 Å². The van der Waals surface area contributed by atoms with Crippen LogP contribution < -0.4 is 9.47 Å². The Morgan fingerprint density at radius 2 is 1.11 bits per heavy atom. The molecule has 1 N–H and O–H groups in total. The second-order valence-electron chi connectivity index (χ2n) is 8.02. The van der Waals surface area contributed by atoms with Gasteiger partial charge in [0.2, 0.25) is 0 Å². The minimum absolute atomic E-state index is 0.0827. The molecule has 4 aromatic rings. The summed E-state index contributed by atoms with van der Waals surface area (Å²) in [7, 11) is -3.16. The predicted molar refractivity (Wildman–Crippen MR) is 134 cm³/mol. The molecule has 0 bridgehead atoms. The maximum Gasteiger partial charge on any atom is 0.298 e. The molecule has 7 nitrogen and oxygen atoms in total. The molecule has 4 aromatic carbocycles. The summed E-state index contributed by atoms with van der Waals surface area (Å²) in [5, 5.41) is 0. The van der Waals surface area contributed by atoms with Crippen molar-refractivity contribution >= 4 is 21.7 Å². The lowest BCUT2D eigenvalue weighted by Gasteiger charge is -2.12. The van der Waals surface area contributed by atoms with Crippen LogP contribution in [0.4, 0.5) is 0 Å². The minimum atomic E-state index is -4.70. The molecule has 0 radical (unpaired) electrons. The van der Waals surface area contributed by atoms with Crippen molar-refractivity contribution in [3.05, 3.63) is 119 Å². The summed E-state index contributed by atoms with van der Waals surface area (Å²) in [5.74, 6) is 0.113. The first kappa shape index (κ1) is 24.8. The van der Waals surface area contributed by atoms with E-state index in [2.05, 4.69) is 0 Å². The first-order valence-electron chi connectivity index (χ1n) is 10.9. The summed E-state index contributed by atoms with van der Waals surface area (Å²) >= 11 is 0. The second kappa shape index (κ2) is 10.2. The van der Waals surface area contributed by atoms with Gasteiger partial charge in [0.25, 0.3) is 10.1 Å². The Kier molecular flexibility index (Phi) is 7.00. The molecule has 0 aliphatic carbocycles. The first-order valence-corrected chi connectivity index (χ1v) is 12.3. The van der Waals surface area contributed by atoms with E-state index >= 15 is 0 Å². The molecule has 0 unspecified atom stereocenters. The van der Waals surface area contributed by atoms with Crippen LogP contribution in [0, 0.1) is 6.92 Å². The van der Waals surface area contributed by atoms with Gasteiger partial charge in [0, 0.05) is 22.3 Å². The first-order chi connectivity index (χ1) is 17.2. The smallest absolute Gasteiger partial charge is 0.298 e. The Balaban J connectivity index is 1.58. The Hall–Kier alpha value is -4.27. The van der Waals surface area contributed by atoms with Gasteiger partial charge in [0.15, 0.2) is 11.6 Å². The second-order valence-corrected chi connectivity index (χ2v) is 9.41. The van der Waals surface area contributed by atoms with Crippen LogP contribution in [-0.4, -0.2) is 31.6 Å². The topological polar surface area (TPSA) is 107 Å². The van der Waals surface area contributed by atoms with Crippen LogP contribution in [-0.2, 0) is 10.1 Å². The third-order valence-electron chi connectivity index (χ3n) is 5.49. The van der Waals surface area contributed by atoms with Gasteiger partial charge in [0.05, 0.1) is 7.11 Å². The zero-order valence-electron chi connectivity index (χ0n) is 19.5. The number of rotatable bonds is 8. The molecule has 182 valence electrons. The molecule has 8 heteroatoms. The van der Waals surface area contributed by atoms with Crippen molar-refractivity contribution in [2.75, 3.05) is 7.11 Å². The van der Waals surface area contributed by atoms with Gasteiger partial charge in [-0.25, -0.2) is 0 Å². The van der Waals surface area contributed by atoms with Gasteiger partial charge >= 0.3 is 0 Å². The highest BCUT2D eigenvalue weighted by molar-refractivity contribution is 7.86. The number of ketones is 2. The maximum absolute atomic E-state index is 12.8. The van der Waals surface area contributed by atoms with Gasteiger partial charge in [-0.3, -0.25) is 14.1 Å². The van der Waals surface area contributed by atoms with Gasteiger partial charge in [-0.05, 0) is 73.7 Å². The molecule has 0 aromatic heterocycles. The summed E-state index contributed by atoms with van der Waals surface area (Å²) in [6, 6.07) is 23.4. The molecule has 36 heavy (non-hydrogen) atoms. The summed E-state index contributed by atoms with van der Waals surface area (Å²) in [5.41, 5.74) is 2.33. The van der Waals surface area contributed by atoms with E-state index in [0.29, 0.717) is 22.4 Å². The Morgan fingerprint density at radius 1 is 0.667 bits per heavy atom. The number of ether oxygens (including phenoxy) is 2. The summed E-state index contributed by atoms with van der Waals surface area (Å²) in [6.45, 7) is 1.89. The van der Waals surface area contributed by atoms with E-state index < -0.39 is 20.8 Å². The fraction of sp³-hybridized carbons (Fsp3) is 0.0714. The van der Waals surface area contributed by atoms with E-state index in [9.17, 15) is 22.6 Å². The zero-order chi connectivity index (χ0) is 25.9. The highest BCUT2D eigenvalue weighted by Gasteiger charge is 2.21. The van der Waals surface area contributed by atoms with Gasteiger partial charge in [-0.2, -0.15) is 8.42 Å². The van der Waals surface area contributed by atoms with Crippen molar-refractivity contribution in [2.45, 2.75) is 11.8 Å². The van der Waals surface area contributed by atoms with E-state index in [4.69, 9.17) is 9.47 Å². The summed E-state index contributed by atoms with van der Waals surface area (Å²) in [4.78, 5) is 25.0. The van der Waals surface area contributed by atoms with Crippen molar-refractivity contribution in [3.63, 3.8) is 0 Å². The molecule has 0 aliphatic rings. The normalized spacial score (nSPS) is 11.1. The molecule has 0 amide bonds. The van der Waals surface area contributed by atoms with E-state index in [1.165, 1.54) is 24.3 Å². The largest absolute Gasteiger partial charge is 0.497 e. The van der Waals surface area contributed by atoms with Crippen LogP contribution in [0.15, 0.2) is 95.9 Å². The molecule has 4 rings (SSSR count). The van der Waals surface area contributed by atoms with Gasteiger partial charge in [0.1, 0.15) is 22.1 Å². The van der Waals surface area contributed by atoms with Crippen LogP contribution in [0.3, 0.4) is 0 Å². The fourth-order valence-corrected chi connectivity index (χ4v) is 4.16. The van der Waals surface area contributed by atoms with Crippen LogP contribution in [0.5, 0.6) is 17.2 Å². The van der Waals surface area contributed by atoms with Gasteiger partial charge in [-0.1, -0.05) is 29.8 Å². The maximum atomic E-state index is 12.8. The standard InChI is InChI=1S/C28H22O7S/c1-18-3-5-19(6-4-18)28(30)22-11-16-25(26(17-22)36(31,32)33)35-24-14-9-21(10-15-24)27(29)20-7-12-23(34-2)13-8-20/h3-17H,1-2H3,(H,31,32,33). The average Bonchev–Trinajstić information content (AvgIpc) is 2.88. The van der Waals surface area contributed by atoms with E-state index in [-0.39, 0.29) is 22.8 Å². The Bertz CT molecular complexity index is 1520. The molecular weight excluding hydrogens is 480 g/mol. The van der Waals surface area contributed by atoms with Crippen molar-refractivity contribution < 1.29 is 32.0 Å². The fourth-order valence-electron chi connectivity index (χ4n) is 3.52. The molecule has 0 heterocycles. The predicted octanol–water partition coefficient (Wildman–Crippen LogP) is 5.50. The van der Waals surface area contributed by atoms with Crippen molar-refractivity contribution in [1.29, 1.82) is 0 Å².